The van der Waals surface area contributed by atoms with Gasteiger partial charge in [-0.05, 0) is 18.6 Å². The molecule has 2 rings (SSSR count). The molecule has 1 atom stereocenters. The number of nitrogens with one attached hydrogen (secondary N) is 2. The maximum absolute atomic E-state index is 12.2. The minimum atomic E-state index is -0.642. The first-order valence-corrected chi connectivity index (χ1v) is 7.64. The Balaban J connectivity index is 2.11. The van der Waals surface area contributed by atoms with E-state index in [0.717, 1.165) is 12.1 Å². The van der Waals surface area contributed by atoms with Crippen LogP contribution in [-0.2, 0) is 9.59 Å². The van der Waals surface area contributed by atoms with Crippen LogP contribution in [0.25, 0.3) is 0 Å². The summed E-state index contributed by atoms with van der Waals surface area (Å²) in [7, 11) is 0. The topological polar surface area (TPSA) is 70.7 Å². The third-order valence-corrected chi connectivity index (χ3v) is 3.43. The Morgan fingerprint density at radius 2 is 2.17 bits per heavy atom. The van der Waals surface area contributed by atoms with Gasteiger partial charge in [0, 0.05) is 6.54 Å². The van der Waals surface area contributed by atoms with Crippen molar-refractivity contribution >= 4 is 17.5 Å². The van der Waals surface area contributed by atoms with Crippen molar-refractivity contribution in [2.24, 2.45) is 0 Å². The lowest BCUT2D eigenvalue weighted by atomic mass is 10.1. The number of anilines is 1. The van der Waals surface area contributed by atoms with Crippen LogP contribution < -0.4 is 20.3 Å². The number of nitrogens with zero attached hydrogens (tertiary/aromatic N) is 1. The van der Waals surface area contributed by atoms with Gasteiger partial charge in [0.15, 0.2) is 6.10 Å². The summed E-state index contributed by atoms with van der Waals surface area (Å²) in [5.74, 6) is 2.60. The van der Waals surface area contributed by atoms with Crippen LogP contribution in [0.15, 0.2) is 24.3 Å². The second-order valence-corrected chi connectivity index (χ2v) is 5.23. The monoisotopic (exact) mass is 315 g/mol. The van der Waals surface area contributed by atoms with Gasteiger partial charge in [0.2, 0.25) is 5.91 Å². The van der Waals surface area contributed by atoms with Gasteiger partial charge in [-0.25, -0.2) is 0 Å². The van der Waals surface area contributed by atoms with Crippen molar-refractivity contribution < 1.29 is 14.3 Å². The summed E-state index contributed by atoms with van der Waals surface area (Å²) < 4.78 is 5.77. The lowest BCUT2D eigenvalue weighted by Gasteiger charge is -2.35. The summed E-state index contributed by atoms with van der Waals surface area (Å²) in [5, 5.41) is 5.45. The predicted molar refractivity (Wildman–Crippen MR) is 88.2 cm³/mol. The average Bonchev–Trinajstić information content (AvgIpc) is 2.57. The molecule has 0 aliphatic carbocycles. The molecule has 1 heterocycles. The number of carbonyl (C=O) groups excluding carboxylic acids is 2. The molecule has 0 spiro atoms. The number of ether oxygens (including phenoxy) is 1. The van der Waals surface area contributed by atoms with Gasteiger partial charge < -0.3 is 20.3 Å². The average molecular weight is 315 g/mol. The van der Waals surface area contributed by atoms with Crippen molar-refractivity contribution in [3.8, 4) is 18.1 Å². The molecule has 6 heteroatoms. The maximum Gasteiger partial charge on any atom is 0.262 e. The molecule has 1 aromatic carbocycles. The van der Waals surface area contributed by atoms with Gasteiger partial charge >= 0.3 is 0 Å². The minimum Gasteiger partial charge on any atom is -0.477 e. The molecule has 0 aromatic heterocycles. The summed E-state index contributed by atoms with van der Waals surface area (Å²) in [5.41, 5.74) is 0.794. The molecular formula is C17H21N3O3. The number of para-hydroxylation sites is 2. The fraction of sp³-hybridized carbons (Fsp3) is 0.412. The SMILES string of the molecule is C#CCNC(=O)CN1C[C@H](C(=O)NCCC)Oc2ccccc21. The van der Waals surface area contributed by atoms with E-state index < -0.39 is 6.10 Å². The fourth-order valence-corrected chi connectivity index (χ4v) is 2.33. The molecule has 0 saturated carbocycles. The summed E-state index contributed by atoms with van der Waals surface area (Å²) in [6.07, 6.45) is 5.36. The number of benzene rings is 1. The van der Waals surface area contributed by atoms with Crippen LogP contribution in [0.5, 0.6) is 5.75 Å². The van der Waals surface area contributed by atoms with Gasteiger partial charge in [-0.2, -0.15) is 0 Å². The highest BCUT2D eigenvalue weighted by atomic mass is 16.5. The Labute approximate surface area is 136 Å². The van der Waals surface area contributed by atoms with Gasteiger partial charge in [0.05, 0.1) is 25.3 Å². The molecule has 1 aromatic rings. The number of hydrogen-bond donors (Lipinski definition) is 2. The molecule has 0 saturated heterocycles. The summed E-state index contributed by atoms with van der Waals surface area (Å²) in [6.45, 7) is 3.21. The van der Waals surface area contributed by atoms with Crippen molar-refractivity contribution in [1.29, 1.82) is 0 Å². The first-order valence-electron chi connectivity index (χ1n) is 7.64. The Kier molecular flexibility index (Phi) is 5.87. The summed E-state index contributed by atoms with van der Waals surface area (Å²) in [4.78, 5) is 26.0. The highest BCUT2D eigenvalue weighted by molar-refractivity contribution is 5.86. The number of amides is 2. The van der Waals surface area contributed by atoms with Crippen LogP contribution in [-0.4, -0.2) is 44.1 Å². The Morgan fingerprint density at radius 3 is 2.91 bits per heavy atom. The van der Waals surface area contributed by atoms with Crippen LogP contribution >= 0.6 is 0 Å². The predicted octanol–water partition coefficient (Wildman–Crippen LogP) is 0.530. The first-order chi connectivity index (χ1) is 11.2. The number of terminal acetylenes is 1. The Morgan fingerprint density at radius 1 is 1.39 bits per heavy atom. The van der Waals surface area contributed by atoms with Crippen molar-refractivity contribution in [2.45, 2.75) is 19.4 Å². The molecule has 6 nitrogen and oxygen atoms in total. The molecule has 0 bridgehead atoms. The van der Waals surface area contributed by atoms with Gasteiger partial charge in [0.25, 0.3) is 5.91 Å². The fourth-order valence-electron chi connectivity index (χ4n) is 2.33. The molecule has 2 amide bonds. The van der Waals surface area contributed by atoms with E-state index in [4.69, 9.17) is 11.2 Å². The van der Waals surface area contributed by atoms with Crippen LogP contribution in [0, 0.1) is 12.3 Å². The van der Waals surface area contributed by atoms with Gasteiger partial charge in [-0.1, -0.05) is 25.0 Å². The number of hydrogen-bond acceptors (Lipinski definition) is 4. The zero-order chi connectivity index (χ0) is 16.7. The van der Waals surface area contributed by atoms with Crippen LogP contribution in [0.2, 0.25) is 0 Å². The van der Waals surface area contributed by atoms with E-state index in [-0.39, 0.29) is 24.9 Å². The van der Waals surface area contributed by atoms with E-state index in [1.807, 2.05) is 30.0 Å². The zero-order valence-electron chi connectivity index (χ0n) is 13.2. The van der Waals surface area contributed by atoms with E-state index in [2.05, 4.69) is 16.6 Å². The first kappa shape index (κ1) is 16.7. The second kappa shape index (κ2) is 8.08. The quantitative estimate of drug-likeness (QED) is 0.751. The van der Waals surface area contributed by atoms with Gasteiger partial charge in [-0.3, -0.25) is 9.59 Å². The van der Waals surface area contributed by atoms with Crippen LogP contribution in [0.3, 0.4) is 0 Å². The van der Waals surface area contributed by atoms with Crippen molar-refractivity contribution in [3.63, 3.8) is 0 Å². The van der Waals surface area contributed by atoms with Crippen molar-refractivity contribution in [3.05, 3.63) is 24.3 Å². The summed E-state index contributed by atoms with van der Waals surface area (Å²) in [6, 6.07) is 7.36. The van der Waals surface area contributed by atoms with E-state index in [1.54, 1.807) is 6.07 Å². The Hall–Kier alpha value is -2.68. The highest BCUT2D eigenvalue weighted by Gasteiger charge is 2.31. The lowest BCUT2D eigenvalue weighted by molar-refractivity contribution is -0.128. The number of carbonyl (C=O) groups is 2. The van der Waals surface area contributed by atoms with Gasteiger partial charge in [-0.15, -0.1) is 6.42 Å². The number of rotatable bonds is 6. The molecule has 0 fully saturated rings. The summed E-state index contributed by atoms with van der Waals surface area (Å²) >= 11 is 0. The van der Waals surface area contributed by atoms with E-state index in [0.29, 0.717) is 18.8 Å². The zero-order valence-corrected chi connectivity index (χ0v) is 13.2. The lowest BCUT2D eigenvalue weighted by Crippen LogP contribution is -2.51. The van der Waals surface area contributed by atoms with Crippen molar-refractivity contribution in [2.75, 3.05) is 31.1 Å². The van der Waals surface area contributed by atoms with E-state index in [9.17, 15) is 9.59 Å². The third-order valence-electron chi connectivity index (χ3n) is 3.43. The van der Waals surface area contributed by atoms with E-state index in [1.165, 1.54) is 0 Å². The van der Waals surface area contributed by atoms with E-state index >= 15 is 0 Å². The molecular weight excluding hydrogens is 294 g/mol. The standard InChI is InChI=1S/C17H21N3O3/c1-3-9-18-16(21)12-20-11-15(17(22)19-10-4-2)23-14-8-6-5-7-13(14)20/h1,5-8,15H,4,9-12H2,2H3,(H,18,21)(H,19,22)/t15-/m1/s1. The highest BCUT2D eigenvalue weighted by Crippen LogP contribution is 2.32. The number of fused-ring (bicyclic) bond motifs is 1. The second-order valence-electron chi connectivity index (χ2n) is 5.23. The molecule has 1 aliphatic rings. The molecule has 0 unspecified atom stereocenters. The molecule has 0 radical (unpaired) electrons. The van der Waals surface area contributed by atoms with Gasteiger partial charge in [0.1, 0.15) is 5.75 Å². The minimum absolute atomic E-state index is 0.125. The molecule has 23 heavy (non-hydrogen) atoms. The third kappa shape index (κ3) is 4.39. The molecule has 2 N–H and O–H groups in total. The smallest absolute Gasteiger partial charge is 0.262 e. The largest absolute Gasteiger partial charge is 0.477 e. The molecule has 122 valence electrons. The maximum atomic E-state index is 12.2. The molecule has 1 aliphatic heterocycles. The Bertz CT molecular complexity index is 609. The van der Waals surface area contributed by atoms with Crippen molar-refractivity contribution in [1.82, 2.24) is 10.6 Å². The van der Waals surface area contributed by atoms with Crippen LogP contribution in [0.4, 0.5) is 5.69 Å². The normalized spacial score (nSPS) is 15.8. The van der Waals surface area contributed by atoms with Crippen LogP contribution in [0.1, 0.15) is 13.3 Å².